The zero-order valence-electron chi connectivity index (χ0n) is 18.7. The molecule has 2 aromatic carbocycles. The highest BCUT2D eigenvalue weighted by Gasteiger charge is 2.30. The Bertz CT molecular complexity index is 1460. The summed E-state index contributed by atoms with van der Waals surface area (Å²) in [7, 11) is 0. The van der Waals surface area contributed by atoms with Gasteiger partial charge in [-0.15, -0.1) is 0 Å². The van der Waals surface area contributed by atoms with E-state index in [9.17, 15) is 26.7 Å². The van der Waals surface area contributed by atoms with E-state index in [2.05, 4.69) is 19.9 Å². The molecule has 0 amide bonds. The molecular formula is C26H19F5N4O. The van der Waals surface area contributed by atoms with Crippen LogP contribution < -0.4 is 5.56 Å². The van der Waals surface area contributed by atoms with E-state index in [1.807, 2.05) is 6.07 Å². The number of hydrogen-bond acceptors (Lipinski definition) is 4. The van der Waals surface area contributed by atoms with E-state index in [0.29, 0.717) is 54.1 Å². The van der Waals surface area contributed by atoms with Crippen molar-refractivity contribution in [3.05, 3.63) is 105 Å². The largest absolute Gasteiger partial charge is 0.416 e. The lowest BCUT2D eigenvalue weighted by atomic mass is 10.0. The minimum Gasteiger partial charge on any atom is -0.306 e. The molecule has 1 aliphatic heterocycles. The third-order valence-electron chi connectivity index (χ3n) is 6.08. The summed E-state index contributed by atoms with van der Waals surface area (Å²) in [6.07, 6.45) is -2.27. The Morgan fingerprint density at radius 1 is 0.944 bits per heavy atom. The maximum Gasteiger partial charge on any atom is 0.416 e. The lowest BCUT2D eigenvalue weighted by Gasteiger charge is -2.27. The number of nitrogens with one attached hydrogen (secondary N) is 1. The maximum atomic E-state index is 13.5. The fourth-order valence-corrected chi connectivity index (χ4v) is 4.17. The fraction of sp³-hybridized carbons (Fsp3) is 0.192. The fourth-order valence-electron chi connectivity index (χ4n) is 4.17. The zero-order chi connectivity index (χ0) is 25.4. The van der Waals surface area contributed by atoms with Crippen LogP contribution in [0.25, 0.3) is 22.6 Å². The standard InChI is InChI=1S/C26H19F5N4O/c27-20-7-4-17(11-21(20)28)22-8-1-15(12-32-22)13-35-10-9-23-19(14-35)25(36)34-24(33-23)16-2-5-18(6-3-16)26(29,30)31/h1-8,11-12H,9-10,13-14H2,(H,33,34,36). The number of nitrogens with zero attached hydrogens (tertiary/aromatic N) is 3. The molecule has 2 aromatic heterocycles. The minimum atomic E-state index is -4.44. The van der Waals surface area contributed by atoms with Gasteiger partial charge in [-0.05, 0) is 42.0 Å². The first-order valence-electron chi connectivity index (χ1n) is 11.1. The van der Waals surface area contributed by atoms with Crippen molar-refractivity contribution < 1.29 is 22.0 Å². The second kappa shape index (κ2) is 9.27. The number of pyridine rings is 1. The van der Waals surface area contributed by atoms with Crippen LogP contribution in [0.15, 0.2) is 65.6 Å². The molecule has 5 rings (SSSR count). The summed E-state index contributed by atoms with van der Waals surface area (Å²) in [6, 6.07) is 11.7. The van der Waals surface area contributed by atoms with Gasteiger partial charge < -0.3 is 4.98 Å². The maximum absolute atomic E-state index is 13.5. The Balaban J connectivity index is 1.29. The van der Waals surface area contributed by atoms with E-state index in [-0.39, 0.29) is 11.4 Å². The normalized spacial score (nSPS) is 14.0. The molecule has 0 aliphatic carbocycles. The lowest BCUT2D eigenvalue weighted by Crippen LogP contribution is -2.35. The summed E-state index contributed by atoms with van der Waals surface area (Å²) in [5.41, 5.74) is 2.31. The monoisotopic (exact) mass is 498 g/mol. The molecular weight excluding hydrogens is 479 g/mol. The predicted octanol–water partition coefficient (Wildman–Crippen LogP) is 5.35. The third-order valence-corrected chi connectivity index (χ3v) is 6.08. The topological polar surface area (TPSA) is 61.9 Å². The Labute approximate surface area is 202 Å². The molecule has 1 aliphatic rings. The minimum absolute atomic E-state index is 0.234. The first kappa shape index (κ1) is 23.8. The van der Waals surface area contributed by atoms with Crippen molar-refractivity contribution in [1.29, 1.82) is 0 Å². The average Bonchev–Trinajstić information content (AvgIpc) is 2.86. The third kappa shape index (κ3) is 4.90. The van der Waals surface area contributed by atoms with E-state index in [0.717, 1.165) is 29.8 Å². The van der Waals surface area contributed by atoms with E-state index >= 15 is 0 Å². The van der Waals surface area contributed by atoms with E-state index in [1.54, 1.807) is 12.3 Å². The van der Waals surface area contributed by atoms with Crippen LogP contribution in [0.3, 0.4) is 0 Å². The molecule has 0 unspecified atom stereocenters. The number of benzene rings is 2. The van der Waals surface area contributed by atoms with Crippen LogP contribution >= 0.6 is 0 Å². The highest BCUT2D eigenvalue weighted by atomic mass is 19.4. The van der Waals surface area contributed by atoms with Crippen LogP contribution in [0.1, 0.15) is 22.4 Å². The number of aromatic nitrogens is 3. The molecule has 0 bridgehead atoms. The number of fused-ring (bicyclic) bond motifs is 1. The number of rotatable bonds is 4. The molecule has 0 radical (unpaired) electrons. The van der Waals surface area contributed by atoms with Gasteiger partial charge in [0.25, 0.3) is 5.56 Å². The van der Waals surface area contributed by atoms with Crippen LogP contribution in [0.4, 0.5) is 22.0 Å². The molecule has 0 spiro atoms. The Kier molecular flexibility index (Phi) is 6.13. The van der Waals surface area contributed by atoms with E-state index < -0.39 is 23.4 Å². The van der Waals surface area contributed by atoms with Gasteiger partial charge >= 0.3 is 6.18 Å². The van der Waals surface area contributed by atoms with Gasteiger partial charge in [0.1, 0.15) is 5.82 Å². The van der Waals surface area contributed by atoms with Crippen LogP contribution in [0.5, 0.6) is 0 Å². The number of H-pyrrole nitrogens is 1. The summed E-state index contributed by atoms with van der Waals surface area (Å²) in [4.78, 5) is 26.4. The van der Waals surface area contributed by atoms with Gasteiger partial charge in [-0.2, -0.15) is 13.2 Å². The molecule has 1 N–H and O–H groups in total. The van der Waals surface area contributed by atoms with Gasteiger partial charge in [-0.3, -0.25) is 14.7 Å². The van der Waals surface area contributed by atoms with Crippen molar-refractivity contribution in [2.75, 3.05) is 6.54 Å². The second-order valence-corrected chi connectivity index (χ2v) is 8.56. The lowest BCUT2D eigenvalue weighted by molar-refractivity contribution is -0.137. The molecule has 5 nitrogen and oxygen atoms in total. The van der Waals surface area contributed by atoms with Crippen molar-refractivity contribution in [2.45, 2.75) is 25.7 Å². The van der Waals surface area contributed by atoms with Crippen LogP contribution in [-0.4, -0.2) is 26.4 Å². The van der Waals surface area contributed by atoms with Crippen molar-refractivity contribution in [3.8, 4) is 22.6 Å². The van der Waals surface area contributed by atoms with Gasteiger partial charge in [0.05, 0.1) is 22.5 Å². The Hall–Kier alpha value is -3.92. The first-order valence-corrected chi connectivity index (χ1v) is 11.1. The smallest absolute Gasteiger partial charge is 0.306 e. The van der Waals surface area contributed by atoms with Gasteiger partial charge in [0.2, 0.25) is 0 Å². The number of alkyl halides is 3. The van der Waals surface area contributed by atoms with Gasteiger partial charge in [0, 0.05) is 43.4 Å². The van der Waals surface area contributed by atoms with Gasteiger partial charge in [-0.25, -0.2) is 13.8 Å². The summed E-state index contributed by atoms with van der Waals surface area (Å²) in [5.74, 6) is -1.62. The van der Waals surface area contributed by atoms with Crippen molar-refractivity contribution >= 4 is 0 Å². The molecule has 0 saturated carbocycles. The van der Waals surface area contributed by atoms with Crippen molar-refractivity contribution in [1.82, 2.24) is 19.9 Å². The summed E-state index contributed by atoms with van der Waals surface area (Å²) in [5, 5.41) is 0. The quantitative estimate of drug-likeness (QED) is 0.385. The zero-order valence-corrected chi connectivity index (χ0v) is 18.7. The van der Waals surface area contributed by atoms with E-state index in [4.69, 9.17) is 0 Å². The molecule has 184 valence electrons. The molecule has 4 aromatic rings. The first-order chi connectivity index (χ1) is 17.2. The van der Waals surface area contributed by atoms with Gasteiger partial charge in [0.15, 0.2) is 11.6 Å². The Morgan fingerprint density at radius 2 is 1.69 bits per heavy atom. The second-order valence-electron chi connectivity index (χ2n) is 8.56. The van der Waals surface area contributed by atoms with E-state index in [1.165, 1.54) is 18.2 Å². The highest BCUT2D eigenvalue weighted by molar-refractivity contribution is 5.59. The average molecular weight is 498 g/mol. The number of hydrogen-bond donors (Lipinski definition) is 1. The van der Waals surface area contributed by atoms with Crippen LogP contribution in [0, 0.1) is 11.6 Å². The molecule has 36 heavy (non-hydrogen) atoms. The SMILES string of the molecule is O=c1[nH]c(-c2ccc(C(F)(F)F)cc2)nc2c1CN(Cc1ccc(-c3ccc(F)c(F)c3)nc1)CC2. The van der Waals surface area contributed by atoms with Crippen LogP contribution in [0.2, 0.25) is 0 Å². The summed E-state index contributed by atoms with van der Waals surface area (Å²) in [6.45, 7) is 1.50. The molecule has 10 heteroatoms. The molecule has 0 fully saturated rings. The molecule has 3 heterocycles. The molecule has 0 saturated heterocycles. The Morgan fingerprint density at radius 3 is 2.36 bits per heavy atom. The summed E-state index contributed by atoms with van der Waals surface area (Å²) >= 11 is 0. The van der Waals surface area contributed by atoms with Crippen LogP contribution in [-0.2, 0) is 25.7 Å². The number of aromatic amines is 1. The highest BCUT2D eigenvalue weighted by Crippen LogP contribution is 2.30. The summed E-state index contributed by atoms with van der Waals surface area (Å²) < 4.78 is 65.1. The van der Waals surface area contributed by atoms with Crippen molar-refractivity contribution in [3.63, 3.8) is 0 Å². The number of halogens is 5. The van der Waals surface area contributed by atoms with Crippen molar-refractivity contribution in [2.24, 2.45) is 0 Å². The molecule has 0 atom stereocenters. The predicted molar refractivity (Wildman–Crippen MR) is 123 cm³/mol. The van der Waals surface area contributed by atoms with Gasteiger partial charge in [-0.1, -0.05) is 18.2 Å².